The lowest BCUT2D eigenvalue weighted by Gasteiger charge is -2.21. The lowest BCUT2D eigenvalue weighted by atomic mass is 10.0. The quantitative estimate of drug-likeness (QED) is 0.451. The molecule has 2 N–H and O–H groups in total. The molecule has 0 saturated carbocycles. The summed E-state index contributed by atoms with van der Waals surface area (Å²) in [7, 11) is 1.26. The van der Waals surface area contributed by atoms with E-state index in [-0.39, 0.29) is 19.4 Å². The molecule has 0 fully saturated rings. The summed E-state index contributed by atoms with van der Waals surface area (Å²) in [4.78, 5) is 37.3. The molecule has 2 atom stereocenters. The molecule has 1 unspecified atom stereocenters. The zero-order chi connectivity index (χ0) is 22.5. The van der Waals surface area contributed by atoms with Gasteiger partial charge in [0, 0.05) is 6.42 Å². The lowest BCUT2D eigenvalue weighted by Crippen LogP contribution is -2.52. The minimum atomic E-state index is -0.927. The van der Waals surface area contributed by atoms with Crippen LogP contribution in [0.15, 0.2) is 72.8 Å². The Morgan fingerprint density at radius 1 is 0.903 bits per heavy atom. The molecular weight excluding hydrogens is 396 g/mol. The fourth-order valence-electron chi connectivity index (χ4n) is 2.87. The zero-order valence-corrected chi connectivity index (χ0v) is 17.7. The van der Waals surface area contributed by atoms with Crippen molar-refractivity contribution in [2.45, 2.75) is 38.5 Å². The van der Waals surface area contributed by atoms with Crippen LogP contribution in [-0.4, -0.2) is 37.2 Å². The van der Waals surface area contributed by atoms with Gasteiger partial charge in [0.2, 0.25) is 5.91 Å². The van der Waals surface area contributed by atoms with Gasteiger partial charge in [-0.25, -0.2) is 9.59 Å². The Kier molecular flexibility index (Phi) is 9.81. The molecule has 0 heterocycles. The summed E-state index contributed by atoms with van der Waals surface area (Å²) < 4.78 is 10.0. The molecule has 0 aliphatic carbocycles. The summed E-state index contributed by atoms with van der Waals surface area (Å²) in [6, 6.07) is 16.7. The van der Waals surface area contributed by atoms with Crippen molar-refractivity contribution in [3.63, 3.8) is 0 Å². The molecule has 0 spiro atoms. The Morgan fingerprint density at radius 3 is 2.10 bits per heavy atom. The summed E-state index contributed by atoms with van der Waals surface area (Å²) in [5.74, 6) is -1.06. The molecule has 7 nitrogen and oxygen atoms in total. The number of esters is 1. The third-order valence-corrected chi connectivity index (χ3v) is 4.51. The highest BCUT2D eigenvalue weighted by Crippen LogP contribution is 2.07. The molecule has 0 aliphatic heterocycles. The third kappa shape index (κ3) is 8.34. The van der Waals surface area contributed by atoms with Gasteiger partial charge in [0.25, 0.3) is 0 Å². The number of allylic oxidation sites excluding steroid dienone is 1. The number of hydrogen-bond acceptors (Lipinski definition) is 5. The average molecular weight is 424 g/mol. The molecule has 0 saturated heterocycles. The topological polar surface area (TPSA) is 93.7 Å². The van der Waals surface area contributed by atoms with Gasteiger partial charge in [-0.2, -0.15) is 0 Å². The van der Waals surface area contributed by atoms with Gasteiger partial charge in [-0.05, 0) is 24.5 Å². The summed E-state index contributed by atoms with van der Waals surface area (Å²) >= 11 is 0. The number of ether oxygens (including phenoxy) is 2. The molecule has 2 amide bonds. The Morgan fingerprint density at radius 2 is 1.52 bits per heavy atom. The Bertz CT molecular complexity index is 868. The molecule has 0 bridgehead atoms. The van der Waals surface area contributed by atoms with Crippen LogP contribution in [0.5, 0.6) is 0 Å². The first kappa shape index (κ1) is 23.7. The molecular formula is C24H28N2O5. The van der Waals surface area contributed by atoms with E-state index in [1.165, 1.54) is 7.11 Å². The standard InChI is InChI=1S/C24H28N2O5/c1-3-4-15-20(23(28)30-2)25-22(27)21(16-18-11-7-5-8-12-18)26-24(29)31-17-19-13-9-6-10-14-19/h3-14,20-21H,15-17H2,1-2H3,(H,25,27)(H,26,29)/b4-3-/t20?,21-/m0/s1. The number of hydrogen-bond donors (Lipinski definition) is 2. The van der Waals surface area contributed by atoms with Crippen LogP contribution in [0.4, 0.5) is 4.79 Å². The van der Waals surface area contributed by atoms with Crippen LogP contribution in [0.3, 0.4) is 0 Å². The van der Waals surface area contributed by atoms with Crippen molar-refractivity contribution < 1.29 is 23.9 Å². The smallest absolute Gasteiger partial charge is 0.408 e. The Hall–Kier alpha value is -3.61. The van der Waals surface area contributed by atoms with Gasteiger partial charge in [-0.15, -0.1) is 0 Å². The van der Waals surface area contributed by atoms with Gasteiger partial charge in [-0.1, -0.05) is 72.8 Å². The minimum absolute atomic E-state index is 0.0818. The number of methoxy groups -OCH3 is 1. The van der Waals surface area contributed by atoms with Crippen molar-refractivity contribution in [1.82, 2.24) is 10.6 Å². The van der Waals surface area contributed by atoms with Crippen molar-refractivity contribution in [1.29, 1.82) is 0 Å². The van der Waals surface area contributed by atoms with E-state index in [0.717, 1.165) is 11.1 Å². The molecule has 2 aromatic rings. The fraction of sp³-hybridized carbons (Fsp3) is 0.292. The van der Waals surface area contributed by atoms with Crippen LogP contribution < -0.4 is 10.6 Å². The van der Waals surface area contributed by atoms with Gasteiger partial charge in [0.1, 0.15) is 18.7 Å². The molecule has 31 heavy (non-hydrogen) atoms. The number of carbonyl (C=O) groups excluding carboxylic acids is 3. The van der Waals surface area contributed by atoms with Gasteiger partial charge < -0.3 is 20.1 Å². The second-order valence-corrected chi connectivity index (χ2v) is 6.84. The van der Waals surface area contributed by atoms with Crippen LogP contribution in [0.2, 0.25) is 0 Å². The molecule has 2 aromatic carbocycles. The van der Waals surface area contributed by atoms with Crippen molar-refractivity contribution in [2.75, 3.05) is 7.11 Å². The highest BCUT2D eigenvalue weighted by Gasteiger charge is 2.27. The summed E-state index contributed by atoms with van der Waals surface area (Å²) in [6.45, 7) is 1.90. The number of carbonyl (C=O) groups is 3. The first-order valence-corrected chi connectivity index (χ1v) is 10.0. The van der Waals surface area contributed by atoms with E-state index >= 15 is 0 Å². The second kappa shape index (κ2) is 12.8. The van der Waals surface area contributed by atoms with Gasteiger partial charge >= 0.3 is 12.1 Å². The largest absolute Gasteiger partial charge is 0.467 e. The zero-order valence-electron chi connectivity index (χ0n) is 17.7. The predicted molar refractivity (Wildman–Crippen MR) is 117 cm³/mol. The number of alkyl carbamates (subject to hydrolysis) is 1. The van der Waals surface area contributed by atoms with Crippen LogP contribution in [0, 0.1) is 0 Å². The van der Waals surface area contributed by atoms with Crippen molar-refractivity contribution >= 4 is 18.0 Å². The predicted octanol–water partition coefficient (Wildman–Crippen LogP) is 3.15. The SMILES string of the molecule is C/C=C\CC(NC(=O)[C@H](Cc1ccccc1)NC(=O)OCc1ccccc1)C(=O)OC. The van der Waals surface area contributed by atoms with Crippen molar-refractivity contribution in [3.05, 3.63) is 83.9 Å². The van der Waals surface area contributed by atoms with Crippen LogP contribution >= 0.6 is 0 Å². The molecule has 0 radical (unpaired) electrons. The van der Waals surface area contributed by atoms with Gasteiger partial charge in [0.05, 0.1) is 7.11 Å². The molecule has 164 valence electrons. The third-order valence-electron chi connectivity index (χ3n) is 4.51. The van der Waals surface area contributed by atoms with Gasteiger partial charge in [-0.3, -0.25) is 4.79 Å². The van der Waals surface area contributed by atoms with E-state index < -0.39 is 30.1 Å². The molecule has 2 rings (SSSR count). The van der Waals surface area contributed by atoms with E-state index in [0.29, 0.717) is 0 Å². The summed E-state index contributed by atoms with van der Waals surface area (Å²) in [6.07, 6.45) is 3.34. The average Bonchev–Trinajstić information content (AvgIpc) is 2.80. The fourth-order valence-corrected chi connectivity index (χ4v) is 2.87. The monoisotopic (exact) mass is 424 g/mol. The van der Waals surface area contributed by atoms with Crippen molar-refractivity contribution in [2.24, 2.45) is 0 Å². The molecule has 0 aliphatic rings. The molecule has 0 aromatic heterocycles. The van der Waals surface area contributed by atoms with E-state index in [2.05, 4.69) is 10.6 Å². The Balaban J connectivity index is 2.08. The van der Waals surface area contributed by atoms with Gasteiger partial charge in [0.15, 0.2) is 0 Å². The van der Waals surface area contributed by atoms with Crippen molar-refractivity contribution in [3.8, 4) is 0 Å². The summed E-state index contributed by atoms with van der Waals surface area (Å²) in [5.41, 5.74) is 1.69. The number of rotatable bonds is 10. The van der Waals surface area contributed by atoms with E-state index in [9.17, 15) is 14.4 Å². The van der Waals surface area contributed by atoms with E-state index in [1.54, 1.807) is 12.2 Å². The normalized spacial score (nSPS) is 12.6. The number of nitrogens with one attached hydrogen (secondary N) is 2. The van der Waals surface area contributed by atoms with Crippen LogP contribution in [-0.2, 0) is 32.1 Å². The van der Waals surface area contributed by atoms with Crippen LogP contribution in [0.1, 0.15) is 24.5 Å². The second-order valence-electron chi connectivity index (χ2n) is 6.84. The lowest BCUT2D eigenvalue weighted by molar-refractivity contribution is -0.145. The maximum absolute atomic E-state index is 12.9. The number of amides is 2. The maximum Gasteiger partial charge on any atom is 0.408 e. The molecule has 7 heteroatoms. The first-order valence-electron chi connectivity index (χ1n) is 10.0. The Labute approximate surface area is 182 Å². The van der Waals surface area contributed by atoms with E-state index in [4.69, 9.17) is 9.47 Å². The summed E-state index contributed by atoms with van der Waals surface area (Å²) in [5, 5.41) is 5.28. The van der Waals surface area contributed by atoms with E-state index in [1.807, 2.05) is 67.6 Å². The maximum atomic E-state index is 12.9. The highest BCUT2D eigenvalue weighted by molar-refractivity contribution is 5.90. The van der Waals surface area contributed by atoms with Crippen LogP contribution in [0.25, 0.3) is 0 Å². The minimum Gasteiger partial charge on any atom is -0.467 e. The highest BCUT2D eigenvalue weighted by atomic mass is 16.5. The first-order chi connectivity index (χ1) is 15.0. The number of benzene rings is 2.